The van der Waals surface area contributed by atoms with E-state index >= 15 is 0 Å². The first-order valence-corrected chi connectivity index (χ1v) is 6.55. The average molecular weight is 286 g/mol. The van der Waals surface area contributed by atoms with Crippen LogP contribution in [0.1, 0.15) is 45.4 Å². The zero-order valence-corrected chi connectivity index (χ0v) is 12.3. The number of aryl methyl sites for hydroxylation is 2. The molecule has 5 heteroatoms. The van der Waals surface area contributed by atoms with Crippen molar-refractivity contribution in [3.8, 4) is 0 Å². The van der Waals surface area contributed by atoms with Gasteiger partial charge in [0.15, 0.2) is 5.78 Å². The van der Waals surface area contributed by atoms with Gasteiger partial charge in [-0.15, -0.1) is 0 Å². The monoisotopic (exact) mass is 286 g/mol. The van der Waals surface area contributed by atoms with E-state index in [1.54, 1.807) is 12.3 Å². The van der Waals surface area contributed by atoms with Crippen LogP contribution in [0.2, 0.25) is 0 Å². The van der Waals surface area contributed by atoms with E-state index in [1.165, 1.54) is 12.3 Å². The van der Waals surface area contributed by atoms with Crippen LogP contribution in [0.4, 0.5) is 0 Å². The highest BCUT2D eigenvalue weighted by Crippen LogP contribution is 2.02. The summed E-state index contributed by atoms with van der Waals surface area (Å²) in [4.78, 5) is 29.2. The summed E-state index contributed by atoms with van der Waals surface area (Å²) < 4.78 is 0. The molecule has 0 spiro atoms. The van der Waals surface area contributed by atoms with Crippen LogP contribution < -0.4 is 0 Å². The predicted octanol–water partition coefficient (Wildman–Crippen LogP) is 3.07. The highest BCUT2D eigenvalue weighted by Gasteiger charge is 2.01. The van der Waals surface area contributed by atoms with Crippen LogP contribution in [0.15, 0.2) is 36.7 Å². The molecule has 2 rings (SSSR count). The van der Waals surface area contributed by atoms with Gasteiger partial charge in [-0.3, -0.25) is 14.8 Å². The first kappa shape index (κ1) is 16.5. The zero-order valence-electron chi connectivity index (χ0n) is 12.3. The second kappa shape index (κ2) is 7.89. The average Bonchev–Trinajstić information content (AvgIpc) is 2.48. The Kier molecular flexibility index (Phi) is 6.20. The number of hydrogen-bond donors (Lipinski definition) is 1. The fourth-order valence-electron chi connectivity index (χ4n) is 1.43. The number of carboxylic acids is 1. The number of carbonyl (C=O) groups is 2. The maximum Gasteiger partial charge on any atom is 0.337 e. The summed E-state index contributed by atoms with van der Waals surface area (Å²) in [6.07, 6.45) is 3.52. The Hall–Kier alpha value is -2.56. The molecule has 0 amide bonds. The van der Waals surface area contributed by atoms with Gasteiger partial charge in [-0.1, -0.05) is 6.92 Å². The highest BCUT2D eigenvalue weighted by molar-refractivity contribution is 5.95. The van der Waals surface area contributed by atoms with Crippen LogP contribution in [-0.4, -0.2) is 26.8 Å². The van der Waals surface area contributed by atoms with Gasteiger partial charge in [-0.05, 0) is 38.1 Å². The van der Waals surface area contributed by atoms with Gasteiger partial charge in [0.25, 0.3) is 0 Å². The lowest BCUT2D eigenvalue weighted by Gasteiger charge is -1.96. The molecule has 0 aliphatic heterocycles. The van der Waals surface area contributed by atoms with Gasteiger partial charge in [0, 0.05) is 35.8 Å². The number of hydrogen-bond acceptors (Lipinski definition) is 4. The van der Waals surface area contributed by atoms with Crippen molar-refractivity contribution in [2.75, 3.05) is 0 Å². The third kappa shape index (κ3) is 5.52. The summed E-state index contributed by atoms with van der Waals surface area (Å²) in [5.74, 6) is -0.787. The molecule has 110 valence electrons. The smallest absolute Gasteiger partial charge is 0.337 e. The van der Waals surface area contributed by atoms with Crippen LogP contribution in [0.25, 0.3) is 0 Å². The topological polar surface area (TPSA) is 80.2 Å². The van der Waals surface area contributed by atoms with Crippen LogP contribution in [0.5, 0.6) is 0 Å². The summed E-state index contributed by atoms with van der Waals surface area (Å²) in [6.45, 7) is 5.56. The molecule has 0 atom stereocenters. The normalized spacial score (nSPS) is 9.48. The molecular weight excluding hydrogens is 268 g/mol. The van der Waals surface area contributed by atoms with E-state index in [-0.39, 0.29) is 11.3 Å². The largest absolute Gasteiger partial charge is 0.478 e. The molecule has 21 heavy (non-hydrogen) atoms. The van der Waals surface area contributed by atoms with E-state index in [0.717, 1.165) is 11.4 Å². The van der Waals surface area contributed by atoms with E-state index in [2.05, 4.69) is 9.97 Å². The van der Waals surface area contributed by atoms with Gasteiger partial charge >= 0.3 is 5.97 Å². The number of carbonyl (C=O) groups excluding carboxylic acids is 1. The van der Waals surface area contributed by atoms with Gasteiger partial charge in [0.05, 0.1) is 5.56 Å². The van der Waals surface area contributed by atoms with E-state index < -0.39 is 5.97 Å². The number of rotatable bonds is 3. The predicted molar refractivity (Wildman–Crippen MR) is 79.5 cm³/mol. The molecule has 0 aliphatic rings. The number of aromatic nitrogens is 2. The zero-order chi connectivity index (χ0) is 15.8. The van der Waals surface area contributed by atoms with E-state index in [0.29, 0.717) is 12.0 Å². The quantitative estimate of drug-likeness (QED) is 0.877. The van der Waals surface area contributed by atoms with E-state index in [9.17, 15) is 9.59 Å². The van der Waals surface area contributed by atoms with Crippen molar-refractivity contribution in [3.63, 3.8) is 0 Å². The Labute approximate surface area is 123 Å². The van der Waals surface area contributed by atoms with Crippen molar-refractivity contribution in [2.24, 2.45) is 0 Å². The van der Waals surface area contributed by atoms with Crippen molar-refractivity contribution in [1.82, 2.24) is 9.97 Å². The van der Waals surface area contributed by atoms with Gasteiger partial charge in [0.2, 0.25) is 0 Å². The molecule has 2 heterocycles. The Morgan fingerprint density at radius 1 is 0.952 bits per heavy atom. The Bertz CT molecular complexity index is 604. The van der Waals surface area contributed by atoms with Crippen molar-refractivity contribution in [2.45, 2.75) is 27.2 Å². The fourth-order valence-corrected chi connectivity index (χ4v) is 1.43. The summed E-state index contributed by atoms with van der Waals surface area (Å²) in [5.41, 5.74) is 2.70. The van der Waals surface area contributed by atoms with Gasteiger partial charge in [-0.2, -0.15) is 0 Å². The van der Waals surface area contributed by atoms with Crippen LogP contribution in [-0.2, 0) is 0 Å². The minimum Gasteiger partial charge on any atom is -0.478 e. The maximum atomic E-state index is 11.1. The third-order valence-electron chi connectivity index (χ3n) is 2.71. The maximum absolute atomic E-state index is 11.1. The van der Waals surface area contributed by atoms with Crippen molar-refractivity contribution in [3.05, 3.63) is 59.2 Å². The Balaban J connectivity index is 0.000000211. The molecular formula is C16H18N2O3. The Morgan fingerprint density at radius 2 is 1.43 bits per heavy atom. The number of carboxylic acid groups (broad SMARTS) is 1. The highest BCUT2D eigenvalue weighted by atomic mass is 16.4. The Morgan fingerprint density at radius 3 is 1.76 bits per heavy atom. The SMILES string of the molecule is CCC(=O)c1ccc(C)nc1.Cc1ccc(C(=O)O)cn1. The molecule has 0 saturated carbocycles. The molecule has 0 radical (unpaired) electrons. The standard InChI is InChI=1S/C9H11NO.C7H7NO2/c1-3-9(11)8-5-4-7(2)10-6-8;1-5-2-3-6(4-8-5)7(9)10/h4-6H,3H2,1-2H3;2-4H,1H3,(H,9,10). The summed E-state index contributed by atoms with van der Waals surface area (Å²) in [6, 6.07) is 6.87. The lowest BCUT2D eigenvalue weighted by Crippen LogP contribution is -1.97. The fraction of sp³-hybridized carbons (Fsp3) is 0.250. The van der Waals surface area contributed by atoms with Crippen molar-refractivity contribution in [1.29, 1.82) is 0 Å². The first-order chi connectivity index (χ1) is 9.93. The molecule has 0 fully saturated rings. The molecule has 1 N–H and O–H groups in total. The van der Waals surface area contributed by atoms with E-state index in [4.69, 9.17) is 5.11 Å². The molecule has 2 aromatic heterocycles. The molecule has 2 aromatic rings. The van der Waals surface area contributed by atoms with Gasteiger partial charge in [-0.25, -0.2) is 4.79 Å². The molecule has 0 saturated heterocycles. The minimum atomic E-state index is -0.937. The lowest BCUT2D eigenvalue weighted by atomic mass is 10.1. The summed E-state index contributed by atoms with van der Waals surface area (Å²) >= 11 is 0. The summed E-state index contributed by atoms with van der Waals surface area (Å²) in [5, 5.41) is 8.44. The third-order valence-corrected chi connectivity index (χ3v) is 2.71. The first-order valence-electron chi connectivity index (χ1n) is 6.55. The lowest BCUT2D eigenvalue weighted by molar-refractivity contribution is 0.0696. The molecule has 0 unspecified atom stereocenters. The number of Topliss-reactive ketones (excluding diaryl/α,β-unsaturated/α-hetero) is 1. The number of aromatic carboxylic acids is 1. The summed E-state index contributed by atoms with van der Waals surface area (Å²) in [7, 11) is 0. The van der Waals surface area contributed by atoms with Crippen molar-refractivity contribution >= 4 is 11.8 Å². The van der Waals surface area contributed by atoms with E-state index in [1.807, 2.05) is 32.9 Å². The van der Waals surface area contributed by atoms with Crippen molar-refractivity contribution < 1.29 is 14.7 Å². The second-order valence-corrected chi connectivity index (χ2v) is 4.46. The number of ketones is 1. The van der Waals surface area contributed by atoms with Crippen LogP contribution in [0, 0.1) is 13.8 Å². The molecule has 0 aliphatic carbocycles. The molecule has 5 nitrogen and oxygen atoms in total. The second-order valence-electron chi connectivity index (χ2n) is 4.46. The number of nitrogens with zero attached hydrogens (tertiary/aromatic N) is 2. The van der Waals surface area contributed by atoms with Crippen LogP contribution >= 0.6 is 0 Å². The van der Waals surface area contributed by atoms with Gasteiger partial charge in [0.1, 0.15) is 0 Å². The minimum absolute atomic E-state index is 0.150. The molecule has 0 aromatic carbocycles. The molecule has 0 bridgehead atoms. The van der Waals surface area contributed by atoms with Gasteiger partial charge < -0.3 is 5.11 Å². The van der Waals surface area contributed by atoms with Crippen LogP contribution in [0.3, 0.4) is 0 Å². The number of pyridine rings is 2.